The SMILES string of the molecule is O=C(CC(=O)Nc1ccccc1C(=O)C1CCCC1)Nc1ncc(Br)s1. The van der Waals surface area contributed by atoms with E-state index >= 15 is 0 Å². The number of benzene rings is 1. The normalized spacial score (nSPS) is 14.2. The molecule has 0 aliphatic heterocycles. The average molecular weight is 436 g/mol. The molecule has 26 heavy (non-hydrogen) atoms. The van der Waals surface area contributed by atoms with Gasteiger partial charge < -0.3 is 10.6 Å². The summed E-state index contributed by atoms with van der Waals surface area (Å²) in [5, 5.41) is 5.68. The van der Waals surface area contributed by atoms with Crippen molar-refractivity contribution in [3.05, 3.63) is 39.8 Å². The first kappa shape index (κ1) is 18.7. The second-order valence-electron chi connectivity index (χ2n) is 6.13. The highest BCUT2D eigenvalue weighted by atomic mass is 79.9. The highest BCUT2D eigenvalue weighted by Crippen LogP contribution is 2.30. The summed E-state index contributed by atoms with van der Waals surface area (Å²) in [7, 11) is 0. The molecule has 2 amide bonds. The van der Waals surface area contributed by atoms with E-state index in [4.69, 9.17) is 0 Å². The molecule has 2 N–H and O–H groups in total. The number of Topliss-reactive ketones (excluding diaryl/α,β-unsaturated/α-hetero) is 1. The van der Waals surface area contributed by atoms with Crippen LogP contribution in [0.3, 0.4) is 0 Å². The van der Waals surface area contributed by atoms with Crippen LogP contribution in [0.15, 0.2) is 34.2 Å². The van der Waals surface area contributed by atoms with Gasteiger partial charge in [-0.05, 0) is 40.9 Å². The number of nitrogens with one attached hydrogen (secondary N) is 2. The number of nitrogens with zero attached hydrogens (tertiary/aromatic N) is 1. The number of halogens is 1. The third-order valence-electron chi connectivity index (χ3n) is 4.24. The molecule has 0 spiro atoms. The molecule has 1 aromatic heterocycles. The molecule has 0 unspecified atom stereocenters. The summed E-state index contributed by atoms with van der Waals surface area (Å²) in [4.78, 5) is 40.8. The Balaban J connectivity index is 1.62. The number of amides is 2. The van der Waals surface area contributed by atoms with E-state index in [0.29, 0.717) is 16.4 Å². The van der Waals surface area contributed by atoms with Gasteiger partial charge in [0.15, 0.2) is 10.9 Å². The van der Waals surface area contributed by atoms with Crippen molar-refractivity contribution >= 4 is 55.7 Å². The molecule has 0 saturated heterocycles. The first-order valence-corrected chi connectivity index (χ1v) is 9.98. The third kappa shape index (κ3) is 4.76. The van der Waals surface area contributed by atoms with Crippen LogP contribution in [0.1, 0.15) is 42.5 Å². The fourth-order valence-electron chi connectivity index (χ4n) is 3.03. The van der Waals surface area contributed by atoms with Gasteiger partial charge in [0.25, 0.3) is 0 Å². The fraction of sp³-hybridized carbons (Fsp3) is 0.333. The summed E-state index contributed by atoms with van der Waals surface area (Å²) in [5.74, 6) is -0.830. The van der Waals surface area contributed by atoms with Crippen LogP contribution in [0.4, 0.5) is 10.8 Å². The number of para-hydroxylation sites is 1. The van der Waals surface area contributed by atoms with Crippen LogP contribution in [0.2, 0.25) is 0 Å². The van der Waals surface area contributed by atoms with E-state index in [9.17, 15) is 14.4 Å². The van der Waals surface area contributed by atoms with Gasteiger partial charge in [-0.1, -0.05) is 36.3 Å². The van der Waals surface area contributed by atoms with E-state index in [1.807, 2.05) is 0 Å². The van der Waals surface area contributed by atoms with Crippen molar-refractivity contribution in [2.45, 2.75) is 32.1 Å². The van der Waals surface area contributed by atoms with Crippen LogP contribution >= 0.6 is 27.3 Å². The summed E-state index contributed by atoms with van der Waals surface area (Å²) < 4.78 is 0.789. The Morgan fingerprint density at radius 1 is 1.12 bits per heavy atom. The number of aromatic nitrogens is 1. The van der Waals surface area contributed by atoms with Gasteiger partial charge in [0.1, 0.15) is 6.42 Å². The molecule has 3 rings (SSSR count). The zero-order chi connectivity index (χ0) is 18.5. The Bertz CT molecular complexity index is 831. The van der Waals surface area contributed by atoms with Gasteiger partial charge >= 0.3 is 0 Å². The van der Waals surface area contributed by atoms with Crippen molar-refractivity contribution in [1.29, 1.82) is 0 Å². The number of anilines is 2. The minimum absolute atomic E-state index is 0.0275. The number of ketones is 1. The predicted octanol–water partition coefficient (Wildman–Crippen LogP) is 4.25. The van der Waals surface area contributed by atoms with Crippen molar-refractivity contribution in [2.24, 2.45) is 5.92 Å². The van der Waals surface area contributed by atoms with Crippen LogP contribution < -0.4 is 10.6 Å². The first-order valence-electron chi connectivity index (χ1n) is 8.37. The van der Waals surface area contributed by atoms with E-state index in [0.717, 1.165) is 29.5 Å². The van der Waals surface area contributed by atoms with Gasteiger partial charge in [-0.15, -0.1) is 0 Å². The second-order valence-corrected chi connectivity index (χ2v) is 8.54. The van der Waals surface area contributed by atoms with Crippen molar-refractivity contribution in [2.75, 3.05) is 10.6 Å². The molecule has 1 fully saturated rings. The second kappa shape index (κ2) is 8.55. The lowest BCUT2D eigenvalue weighted by atomic mass is 9.95. The quantitative estimate of drug-likeness (QED) is 0.524. The number of carbonyl (C=O) groups excluding carboxylic acids is 3. The first-order chi connectivity index (χ1) is 12.5. The molecular weight excluding hydrogens is 418 g/mol. The lowest BCUT2D eigenvalue weighted by molar-refractivity contribution is -0.123. The number of thiazole rings is 1. The lowest BCUT2D eigenvalue weighted by Gasteiger charge is -2.13. The van der Waals surface area contributed by atoms with Crippen LogP contribution in [0.25, 0.3) is 0 Å². The standard InChI is InChI=1S/C18H18BrN3O3S/c19-14-10-20-18(26-14)22-16(24)9-15(23)21-13-8-4-3-7-12(13)17(25)11-5-1-2-6-11/h3-4,7-8,10-11H,1-2,5-6,9H2,(H,21,23)(H,20,22,24). The molecule has 2 aromatic rings. The monoisotopic (exact) mass is 435 g/mol. The Morgan fingerprint density at radius 2 is 1.81 bits per heavy atom. The van der Waals surface area contributed by atoms with E-state index < -0.39 is 11.8 Å². The zero-order valence-corrected chi connectivity index (χ0v) is 16.4. The van der Waals surface area contributed by atoms with Crippen LogP contribution in [0, 0.1) is 5.92 Å². The third-order valence-corrected chi connectivity index (χ3v) is 5.63. The average Bonchev–Trinajstić information content (AvgIpc) is 3.26. The van der Waals surface area contributed by atoms with Gasteiger partial charge in [0.2, 0.25) is 11.8 Å². The Labute approximate surface area is 163 Å². The molecular formula is C18H18BrN3O3S. The van der Waals surface area contributed by atoms with Crippen molar-refractivity contribution in [3.8, 4) is 0 Å². The molecule has 8 heteroatoms. The minimum atomic E-state index is -0.468. The summed E-state index contributed by atoms with van der Waals surface area (Å²) >= 11 is 4.52. The van der Waals surface area contributed by atoms with Crippen LogP contribution in [0.5, 0.6) is 0 Å². The van der Waals surface area contributed by atoms with Gasteiger partial charge in [0, 0.05) is 11.5 Å². The molecule has 1 aliphatic rings. The van der Waals surface area contributed by atoms with E-state index in [2.05, 4.69) is 31.5 Å². The summed E-state index contributed by atoms with van der Waals surface area (Å²) in [6.45, 7) is 0. The van der Waals surface area contributed by atoms with Crippen molar-refractivity contribution in [3.63, 3.8) is 0 Å². The number of hydrogen-bond acceptors (Lipinski definition) is 5. The summed E-state index contributed by atoms with van der Waals surface area (Å²) in [5.41, 5.74) is 0.969. The topological polar surface area (TPSA) is 88.2 Å². The van der Waals surface area contributed by atoms with Gasteiger partial charge in [0.05, 0.1) is 15.7 Å². The van der Waals surface area contributed by atoms with E-state index in [-0.39, 0.29) is 18.1 Å². The molecule has 0 atom stereocenters. The Kier molecular flexibility index (Phi) is 6.16. The zero-order valence-electron chi connectivity index (χ0n) is 14.0. The molecule has 1 aliphatic carbocycles. The molecule has 1 saturated carbocycles. The van der Waals surface area contributed by atoms with Crippen molar-refractivity contribution < 1.29 is 14.4 Å². The predicted molar refractivity (Wildman–Crippen MR) is 104 cm³/mol. The summed E-state index contributed by atoms with van der Waals surface area (Å²) in [6.07, 6.45) is 5.16. The van der Waals surface area contributed by atoms with Gasteiger partial charge in [-0.25, -0.2) is 4.98 Å². The van der Waals surface area contributed by atoms with Crippen LogP contribution in [-0.4, -0.2) is 22.6 Å². The molecule has 0 radical (unpaired) electrons. The maximum Gasteiger partial charge on any atom is 0.235 e. The number of rotatable bonds is 6. The van der Waals surface area contributed by atoms with E-state index in [1.54, 1.807) is 30.5 Å². The maximum absolute atomic E-state index is 12.7. The number of hydrogen-bond donors (Lipinski definition) is 2. The Morgan fingerprint density at radius 3 is 2.50 bits per heavy atom. The van der Waals surface area contributed by atoms with E-state index in [1.165, 1.54) is 11.3 Å². The highest BCUT2D eigenvalue weighted by molar-refractivity contribution is 9.11. The van der Waals surface area contributed by atoms with Crippen LogP contribution in [-0.2, 0) is 9.59 Å². The van der Waals surface area contributed by atoms with Gasteiger partial charge in [-0.3, -0.25) is 14.4 Å². The largest absolute Gasteiger partial charge is 0.325 e. The molecule has 1 heterocycles. The molecule has 0 bridgehead atoms. The minimum Gasteiger partial charge on any atom is -0.325 e. The molecule has 136 valence electrons. The fourth-order valence-corrected chi connectivity index (χ4v) is 4.15. The molecule has 1 aromatic carbocycles. The van der Waals surface area contributed by atoms with Crippen molar-refractivity contribution in [1.82, 2.24) is 4.98 Å². The highest BCUT2D eigenvalue weighted by Gasteiger charge is 2.26. The number of carbonyl (C=O) groups is 3. The maximum atomic E-state index is 12.7. The molecule has 6 nitrogen and oxygen atoms in total. The summed E-state index contributed by atoms with van der Waals surface area (Å²) in [6, 6.07) is 6.96. The lowest BCUT2D eigenvalue weighted by Crippen LogP contribution is -2.23. The van der Waals surface area contributed by atoms with Gasteiger partial charge in [-0.2, -0.15) is 0 Å². The Hall–Kier alpha value is -2.06. The smallest absolute Gasteiger partial charge is 0.235 e.